The molecule has 0 atom stereocenters. The summed E-state index contributed by atoms with van der Waals surface area (Å²) in [5, 5.41) is 5.85. The first kappa shape index (κ1) is 58.2. The lowest BCUT2D eigenvalue weighted by Crippen LogP contribution is -2.10. The first-order chi connectivity index (χ1) is 36.6. The van der Waals surface area contributed by atoms with Gasteiger partial charge in [0, 0.05) is 17.9 Å². The Kier molecular flexibility index (Phi) is 22.8. The molecule has 0 bridgehead atoms. The number of rotatable bonds is 21. The second-order valence-corrected chi connectivity index (χ2v) is 20.3. The molecule has 9 aromatic rings. The van der Waals surface area contributed by atoms with Crippen molar-refractivity contribution in [3.63, 3.8) is 0 Å². The number of hydrogen-bond donors (Lipinski definition) is 1. The van der Waals surface area contributed by atoms with Crippen molar-refractivity contribution in [2.24, 2.45) is 0 Å². The number of anilines is 1. The average Bonchev–Trinajstić information content (AvgIpc) is 3.44. The Hall–Kier alpha value is -7.10. The number of nitrogens with one attached hydrogen (secondary N) is 1. The second kappa shape index (κ2) is 29.8. The fraction of sp³-hybridized carbons (Fsp3) is 0.328. The number of ether oxygens (including phenoxy) is 1. The van der Waals surface area contributed by atoms with Gasteiger partial charge in [-0.25, -0.2) is 0 Å². The largest absolute Gasteiger partial charge is 0.460 e. The van der Waals surface area contributed by atoms with Crippen molar-refractivity contribution in [3.05, 3.63) is 226 Å². The van der Waals surface area contributed by atoms with Crippen LogP contribution in [0.2, 0.25) is 0 Å². The van der Waals surface area contributed by atoms with Gasteiger partial charge in [0.15, 0.2) is 21.4 Å². The van der Waals surface area contributed by atoms with Crippen LogP contribution >= 0.6 is 11.8 Å². The Balaban J connectivity index is 0.000000184. The fourth-order valence-electron chi connectivity index (χ4n) is 8.75. The molecule has 3 aromatic heterocycles. The summed E-state index contributed by atoms with van der Waals surface area (Å²) >= 11 is 1.59. The molecule has 1 N–H and O–H groups in total. The van der Waals surface area contributed by atoms with E-state index in [1.165, 1.54) is 85.6 Å². The summed E-state index contributed by atoms with van der Waals surface area (Å²) in [7, 11) is 0. The van der Waals surface area contributed by atoms with E-state index in [4.69, 9.17) is 18.0 Å². The summed E-state index contributed by atoms with van der Waals surface area (Å²) in [5.41, 5.74) is 11.3. The maximum absolute atomic E-state index is 12.5. The number of aryl methyl sites for hydroxylation is 3. The van der Waals surface area contributed by atoms with E-state index in [9.17, 15) is 14.4 Å². The van der Waals surface area contributed by atoms with Gasteiger partial charge in [0.2, 0.25) is 5.88 Å². The molecule has 0 radical (unpaired) electrons. The molecule has 398 valence electrons. The van der Waals surface area contributed by atoms with Gasteiger partial charge in [-0.2, -0.15) is 0 Å². The van der Waals surface area contributed by atoms with Crippen molar-refractivity contribution in [1.82, 2.24) is 0 Å². The summed E-state index contributed by atoms with van der Waals surface area (Å²) in [4.78, 5) is 37.3. The molecule has 0 unspecified atom stereocenters. The third kappa shape index (κ3) is 16.2. The van der Waals surface area contributed by atoms with Crippen LogP contribution in [0, 0.1) is 20.8 Å². The van der Waals surface area contributed by atoms with Gasteiger partial charge in [0.1, 0.15) is 23.4 Å². The van der Waals surface area contributed by atoms with Gasteiger partial charge in [0.25, 0.3) is 5.95 Å². The molecule has 0 saturated carbocycles. The van der Waals surface area contributed by atoms with E-state index in [1.807, 2.05) is 61.5 Å². The highest BCUT2D eigenvalue weighted by atomic mass is 32.2. The van der Waals surface area contributed by atoms with Gasteiger partial charge in [-0.15, -0.1) is 0 Å². The van der Waals surface area contributed by atoms with Crippen LogP contribution in [0.5, 0.6) is 5.95 Å². The lowest BCUT2D eigenvalue weighted by atomic mass is 10.1. The van der Waals surface area contributed by atoms with Crippen LogP contribution in [0.15, 0.2) is 178 Å². The minimum absolute atomic E-state index is 0. The van der Waals surface area contributed by atoms with E-state index >= 15 is 0 Å². The molecule has 0 spiro atoms. The molecule has 0 fully saturated rings. The predicted molar refractivity (Wildman–Crippen MR) is 319 cm³/mol. The number of benzene rings is 6. The van der Waals surface area contributed by atoms with Gasteiger partial charge in [-0.05, 0) is 129 Å². The van der Waals surface area contributed by atoms with E-state index < -0.39 is 0 Å². The van der Waals surface area contributed by atoms with Gasteiger partial charge >= 0.3 is 0 Å². The fourth-order valence-corrected chi connectivity index (χ4v) is 9.70. The molecule has 9 rings (SSSR count). The number of fused-ring (bicyclic) bond motifs is 3. The number of unbranched alkanes of at least 4 members (excludes halogenated alkanes) is 6. The van der Waals surface area contributed by atoms with Gasteiger partial charge in [-0.3, -0.25) is 14.4 Å². The first-order valence-electron chi connectivity index (χ1n) is 26.9. The second-order valence-electron chi connectivity index (χ2n) is 19.3. The zero-order valence-electron chi connectivity index (χ0n) is 44.7. The van der Waals surface area contributed by atoms with E-state index in [2.05, 4.69) is 98.9 Å². The minimum Gasteiger partial charge on any atom is -0.460 e. The molecule has 9 heteroatoms. The van der Waals surface area contributed by atoms with Crippen molar-refractivity contribution in [1.29, 1.82) is 0 Å². The average molecular weight is 1040 g/mol. The zero-order chi connectivity index (χ0) is 52.9. The number of hydrogen-bond acceptors (Lipinski definition) is 9. The molecule has 6 aromatic carbocycles. The summed E-state index contributed by atoms with van der Waals surface area (Å²) in [6, 6.07) is 48.0. The molecule has 0 amide bonds. The van der Waals surface area contributed by atoms with Gasteiger partial charge in [-0.1, -0.05) is 188 Å². The van der Waals surface area contributed by atoms with E-state index in [-0.39, 0.29) is 23.7 Å². The number of thioether (sulfide) groups is 1. The molecule has 0 aliphatic rings. The molecule has 3 heterocycles. The molecule has 0 aliphatic heterocycles. The predicted octanol–water partition coefficient (Wildman–Crippen LogP) is 17.6. The van der Waals surface area contributed by atoms with Crippen LogP contribution in [0.25, 0.3) is 32.9 Å². The van der Waals surface area contributed by atoms with Crippen LogP contribution in [0.4, 0.5) is 5.88 Å². The smallest absolute Gasteiger partial charge is 0.292 e. The molecule has 8 nitrogen and oxygen atoms in total. The number of para-hydroxylation sites is 3. The van der Waals surface area contributed by atoms with Crippen LogP contribution in [-0.4, -0.2) is 0 Å². The Morgan fingerprint density at radius 3 is 1.32 bits per heavy atom. The lowest BCUT2D eigenvalue weighted by molar-refractivity contribution is 0.232. The monoisotopic (exact) mass is 1040 g/mol. The van der Waals surface area contributed by atoms with Crippen molar-refractivity contribution < 1.29 is 18.0 Å². The van der Waals surface area contributed by atoms with Crippen LogP contribution in [0.3, 0.4) is 0 Å². The molecular formula is C67H77NO7S. The maximum atomic E-state index is 12.5. The lowest BCUT2D eigenvalue weighted by Gasteiger charge is -2.10. The van der Waals surface area contributed by atoms with Gasteiger partial charge in [0.05, 0.1) is 27.3 Å². The highest BCUT2D eigenvalue weighted by Gasteiger charge is 2.14. The summed E-state index contributed by atoms with van der Waals surface area (Å²) in [6.07, 6.45) is 14.7. The van der Waals surface area contributed by atoms with Crippen LogP contribution in [0.1, 0.15) is 136 Å². The van der Waals surface area contributed by atoms with Crippen LogP contribution < -0.4 is 26.3 Å². The molecule has 0 saturated heterocycles. The summed E-state index contributed by atoms with van der Waals surface area (Å²) in [5.74, 6) is 1.66. The van der Waals surface area contributed by atoms with Crippen LogP contribution in [-0.2, 0) is 38.2 Å². The Labute approximate surface area is 453 Å². The van der Waals surface area contributed by atoms with Crippen molar-refractivity contribution in [2.75, 3.05) is 5.32 Å². The van der Waals surface area contributed by atoms with Crippen molar-refractivity contribution in [2.45, 2.75) is 150 Å². The summed E-state index contributed by atoms with van der Waals surface area (Å²) < 4.78 is 23.4. The summed E-state index contributed by atoms with van der Waals surface area (Å²) in [6.45, 7) is 13.1. The van der Waals surface area contributed by atoms with E-state index in [0.29, 0.717) is 74.6 Å². The third-order valence-electron chi connectivity index (χ3n) is 13.5. The van der Waals surface area contributed by atoms with Crippen molar-refractivity contribution >= 4 is 50.6 Å². The van der Waals surface area contributed by atoms with Gasteiger partial charge < -0.3 is 23.3 Å². The molecule has 0 aliphatic carbocycles. The Morgan fingerprint density at radius 1 is 0.434 bits per heavy atom. The van der Waals surface area contributed by atoms with E-state index in [1.54, 1.807) is 43.8 Å². The third-order valence-corrected chi connectivity index (χ3v) is 14.6. The minimum atomic E-state index is -0.0388. The SMILES string of the molecule is C.CCCCCc1ccc(CNc2oc3ccccc3c(=O)c2C)cc1.CCCCCc1ccc(COc2oc3ccccc3c(=O)c2C)cc1.CCCCCc1ccc(CSc2oc3ccccc3c(=O)c2C)cc1. The highest BCUT2D eigenvalue weighted by molar-refractivity contribution is 7.98. The highest BCUT2D eigenvalue weighted by Crippen LogP contribution is 2.28. The zero-order valence-corrected chi connectivity index (χ0v) is 45.5. The topological polar surface area (TPSA) is 112 Å². The Bertz CT molecular complexity index is 3050. The normalized spacial score (nSPS) is 10.9. The van der Waals surface area contributed by atoms with Crippen molar-refractivity contribution in [3.8, 4) is 5.95 Å². The quantitative estimate of drug-likeness (QED) is 0.0555. The molecular weight excluding hydrogens is 963 g/mol. The standard InChI is InChI=1S/C22H25NO2.C22H24O3.C22H24O2S.CH4/c1-3-4-5-8-17-11-13-18(14-12-17)15-23-22-16(2)21(24)19-9-6-7-10-20(19)25-22;1-3-4-5-8-17-11-13-18(14-12-17)15-24-22-16(2)21(23)19-9-6-7-10-20(19)25-22;1-3-4-5-8-17-11-13-18(14-12-17)15-25-22-16(2)21(23)19-9-6-7-10-20(19)24-22;/h6-7,9-14,23H,3-5,8,15H2,1-2H3;2*6-7,9-14H,3-5,8,15H2,1-2H3;1H4. The maximum Gasteiger partial charge on any atom is 0.292 e. The molecule has 76 heavy (non-hydrogen) atoms. The first-order valence-corrected chi connectivity index (χ1v) is 27.9. The van der Waals surface area contributed by atoms with E-state index in [0.717, 1.165) is 35.7 Å². The Morgan fingerprint density at radius 2 is 0.829 bits per heavy atom.